The molecule has 0 radical (unpaired) electrons. The molecule has 0 heterocycles. The Hall–Kier alpha value is -4.19. The van der Waals surface area contributed by atoms with E-state index >= 15 is 0 Å². The van der Waals surface area contributed by atoms with Crippen molar-refractivity contribution in [3.8, 4) is 0 Å². The maximum absolute atomic E-state index is 12.8. The molecule has 0 bridgehead atoms. The monoisotopic (exact) mass is 969 g/mol. The largest absolute Gasteiger partial charge is 0.462 e. The third kappa shape index (κ3) is 54.7. The molecule has 70 heavy (non-hydrogen) atoms. The molecule has 0 fully saturated rings. The molecule has 0 rings (SSSR count). The molecule has 6 heteroatoms. The quantitative estimate of drug-likeness (QED) is 0.0262. The number of carbonyl (C=O) groups excluding carboxylic acids is 3. The van der Waals surface area contributed by atoms with Gasteiger partial charge in [0.25, 0.3) is 0 Å². The second-order valence-corrected chi connectivity index (χ2v) is 18.5. The third-order valence-electron chi connectivity index (χ3n) is 11.7. The average molecular weight is 970 g/mol. The van der Waals surface area contributed by atoms with E-state index in [1.807, 2.05) is 0 Å². The van der Waals surface area contributed by atoms with Crippen LogP contribution < -0.4 is 0 Å². The standard InChI is InChI=1S/C64H104O6/c1-4-7-10-13-16-19-22-25-28-31-32-34-36-39-42-45-48-51-54-57-63(66)69-60-61(59-68-62(65)56-53-50-47-44-41-38-35-30-27-24-21-18-15-12-9-6-3)70-64(67)58-55-52-49-46-43-40-37-33-29-26-23-20-17-14-11-8-5-2/h8,11,16-17,19-20,25-26,28-30,32,34-35,37,39-40,42,46,49,61H,4-7,9-10,12-15,18,21-24,27,31,33,36,38,41,43-45,47-48,50-60H2,1-3H3/b11-8-,19-16-,20-17-,28-25-,29-26-,34-32-,35-30-,40-37-,42-39-,49-46-/t61-/m1/s1. The molecular formula is C64H104O6. The Morgan fingerprint density at radius 1 is 0.300 bits per heavy atom. The molecule has 0 aliphatic carbocycles. The van der Waals surface area contributed by atoms with Crippen molar-refractivity contribution < 1.29 is 28.6 Å². The zero-order valence-corrected chi connectivity index (χ0v) is 45.2. The molecule has 0 spiro atoms. The Morgan fingerprint density at radius 3 is 0.971 bits per heavy atom. The number of hydrogen-bond acceptors (Lipinski definition) is 6. The van der Waals surface area contributed by atoms with E-state index in [4.69, 9.17) is 14.2 Å². The summed E-state index contributed by atoms with van der Waals surface area (Å²) in [5.74, 6) is -1.02. The molecule has 1 atom stereocenters. The first-order valence-corrected chi connectivity index (χ1v) is 28.5. The van der Waals surface area contributed by atoms with E-state index in [0.29, 0.717) is 19.3 Å². The molecule has 396 valence electrons. The molecule has 0 aromatic rings. The van der Waals surface area contributed by atoms with Crippen molar-refractivity contribution in [3.63, 3.8) is 0 Å². The number of unbranched alkanes of at least 4 members (excludes halogenated alkanes) is 19. The Labute approximate surface area is 431 Å². The summed E-state index contributed by atoms with van der Waals surface area (Å²) in [6.07, 6.45) is 79.0. The molecule has 0 unspecified atom stereocenters. The highest BCUT2D eigenvalue weighted by Crippen LogP contribution is 2.13. The maximum atomic E-state index is 12.8. The molecule has 0 amide bonds. The Kier molecular flexibility index (Phi) is 54.0. The smallest absolute Gasteiger partial charge is 0.306 e. The van der Waals surface area contributed by atoms with Crippen molar-refractivity contribution >= 4 is 17.9 Å². The lowest BCUT2D eigenvalue weighted by Crippen LogP contribution is -2.30. The molecule has 0 aliphatic heterocycles. The topological polar surface area (TPSA) is 78.9 Å². The van der Waals surface area contributed by atoms with E-state index < -0.39 is 6.10 Å². The van der Waals surface area contributed by atoms with E-state index in [2.05, 4.69) is 142 Å². The van der Waals surface area contributed by atoms with Crippen molar-refractivity contribution in [2.24, 2.45) is 0 Å². The molecule has 0 N–H and O–H groups in total. The molecule has 0 aliphatic rings. The van der Waals surface area contributed by atoms with Gasteiger partial charge in [0.05, 0.1) is 0 Å². The van der Waals surface area contributed by atoms with Gasteiger partial charge in [0, 0.05) is 19.3 Å². The highest BCUT2D eigenvalue weighted by atomic mass is 16.6. The van der Waals surface area contributed by atoms with E-state index in [0.717, 1.165) is 116 Å². The molecule has 0 aromatic carbocycles. The van der Waals surface area contributed by atoms with E-state index in [9.17, 15) is 14.4 Å². The number of carbonyl (C=O) groups is 3. The summed E-state index contributed by atoms with van der Waals surface area (Å²) in [4.78, 5) is 38.1. The van der Waals surface area contributed by atoms with E-state index in [-0.39, 0.29) is 37.5 Å². The minimum Gasteiger partial charge on any atom is -0.462 e. The number of esters is 3. The summed E-state index contributed by atoms with van der Waals surface area (Å²) < 4.78 is 16.8. The number of allylic oxidation sites excluding steroid dienone is 20. The molecule has 0 saturated heterocycles. The SMILES string of the molecule is CC/C=C\C/C=C\C/C=C\C/C=C\C/C=C\CCCC(=O)O[C@@H](COC(=O)CCCCC/C=C\C/C=C\C/C=C\C/C=C\CCCCC)COC(=O)CCCCCCC/C=C\CCCCCCCCC. The van der Waals surface area contributed by atoms with Gasteiger partial charge in [0.15, 0.2) is 6.10 Å². The predicted molar refractivity (Wildman–Crippen MR) is 302 cm³/mol. The lowest BCUT2D eigenvalue weighted by Gasteiger charge is -2.18. The molecular weight excluding hydrogens is 865 g/mol. The van der Waals surface area contributed by atoms with Crippen molar-refractivity contribution in [2.45, 2.75) is 252 Å². The Bertz CT molecular complexity index is 1490. The first kappa shape index (κ1) is 65.8. The first-order chi connectivity index (χ1) is 34.5. The van der Waals surface area contributed by atoms with Crippen LogP contribution in [0.4, 0.5) is 0 Å². The highest BCUT2D eigenvalue weighted by molar-refractivity contribution is 5.71. The average Bonchev–Trinajstić information content (AvgIpc) is 3.36. The van der Waals surface area contributed by atoms with E-state index in [1.54, 1.807) is 0 Å². The Morgan fingerprint density at radius 2 is 0.571 bits per heavy atom. The van der Waals surface area contributed by atoms with Crippen molar-refractivity contribution in [1.82, 2.24) is 0 Å². The fourth-order valence-corrected chi connectivity index (χ4v) is 7.40. The van der Waals surface area contributed by atoms with Crippen LogP contribution in [0.1, 0.15) is 245 Å². The van der Waals surface area contributed by atoms with Gasteiger partial charge in [0.1, 0.15) is 13.2 Å². The van der Waals surface area contributed by atoms with Gasteiger partial charge in [-0.2, -0.15) is 0 Å². The number of rotatable bonds is 50. The van der Waals surface area contributed by atoms with Gasteiger partial charge >= 0.3 is 17.9 Å². The summed E-state index contributed by atoms with van der Waals surface area (Å²) in [5.41, 5.74) is 0. The highest BCUT2D eigenvalue weighted by Gasteiger charge is 2.19. The summed E-state index contributed by atoms with van der Waals surface area (Å²) in [6.45, 7) is 6.41. The zero-order valence-electron chi connectivity index (χ0n) is 45.2. The minimum atomic E-state index is -0.828. The van der Waals surface area contributed by atoms with Gasteiger partial charge in [-0.05, 0) is 128 Å². The molecule has 0 aromatic heterocycles. The van der Waals surface area contributed by atoms with Gasteiger partial charge in [-0.15, -0.1) is 0 Å². The van der Waals surface area contributed by atoms with Crippen LogP contribution in [0, 0.1) is 0 Å². The van der Waals surface area contributed by atoms with Crippen molar-refractivity contribution in [2.75, 3.05) is 13.2 Å². The van der Waals surface area contributed by atoms with Crippen LogP contribution >= 0.6 is 0 Å². The summed E-state index contributed by atoms with van der Waals surface area (Å²) in [5, 5.41) is 0. The van der Waals surface area contributed by atoms with Crippen molar-refractivity contribution in [3.05, 3.63) is 122 Å². The second kappa shape index (κ2) is 57.4. The number of ether oxygens (including phenoxy) is 3. The summed E-state index contributed by atoms with van der Waals surface area (Å²) in [6, 6.07) is 0. The van der Waals surface area contributed by atoms with Crippen molar-refractivity contribution in [1.29, 1.82) is 0 Å². The Balaban J connectivity index is 4.56. The van der Waals surface area contributed by atoms with Gasteiger partial charge in [0.2, 0.25) is 0 Å². The van der Waals surface area contributed by atoms with Gasteiger partial charge < -0.3 is 14.2 Å². The van der Waals surface area contributed by atoms with Crippen LogP contribution in [-0.2, 0) is 28.6 Å². The minimum absolute atomic E-state index is 0.118. The lowest BCUT2D eigenvalue weighted by atomic mass is 10.1. The zero-order chi connectivity index (χ0) is 50.7. The van der Waals surface area contributed by atoms with Crippen LogP contribution in [0.5, 0.6) is 0 Å². The third-order valence-corrected chi connectivity index (χ3v) is 11.7. The van der Waals surface area contributed by atoms with Gasteiger partial charge in [-0.25, -0.2) is 0 Å². The van der Waals surface area contributed by atoms with Gasteiger partial charge in [-0.3, -0.25) is 14.4 Å². The summed E-state index contributed by atoms with van der Waals surface area (Å²) in [7, 11) is 0. The van der Waals surface area contributed by atoms with Crippen LogP contribution in [0.3, 0.4) is 0 Å². The fraction of sp³-hybridized carbons (Fsp3) is 0.641. The maximum Gasteiger partial charge on any atom is 0.306 e. The lowest BCUT2D eigenvalue weighted by molar-refractivity contribution is -0.167. The second-order valence-electron chi connectivity index (χ2n) is 18.5. The van der Waals surface area contributed by atoms with Crippen LogP contribution in [0.2, 0.25) is 0 Å². The van der Waals surface area contributed by atoms with Crippen LogP contribution in [0.15, 0.2) is 122 Å². The normalized spacial score (nSPS) is 13.0. The number of hydrogen-bond donors (Lipinski definition) is 0. The summed E-state index contributed by atoms with van der Waals surface area (Å²) >= 11 is 0. The van der Waals surface area contributed by atoms with Gasteiger partial charge in [-0.1, -0.05) is 219 Å². The van der Waals surface area contributed by atoms with Crippen LogP contribution in [0.25, 0.3) is 0 Å². The first-order valence-electron chi connectivity index (χ1n) is 28.5. The molecule has 6 nitrogen and oxygen atoms in total. The fourth-order valence-electron chi connectivity index (χ4n) is 7.40. The van der Waals surface area contributed by atoms with Crippen LogP contribution in [-0.4, -0.2) is 37.2 Å². The predicted octanol–water partition coefficient (Wildman–Crippen LogP) is 19.3. The van der Waals surface area contributed by atoms with E-state index in [1.165, 1.54) is 83.5 Å². The molecule has 0 saturated carbocycles.